The van der Waals surface area contributed by atoms with Gasteiger partial charge in [0.1, 0.15) is 0 Å². The lowest BCUT2D eigenvalue weighted by molar-refractivity contribution is 0.148. The number of aromatic nitrogens is 3. The number of benzene rings is 1. The fraction of sp³-hybridized carbons (Fsp3) is 0.435. The molecule has 5 nitrogen and oxygen atoms in total. The molecule has 1 saturated heterocycles. The summed E-state index contributed by atoms with van der Waals surface area (Å²) in [5, 5.41) is 11.9. The van der Waals surface area contributed by atoms with Crippen LogP contribution in [0.3, 0.4) is 0 Å². The lowest BCUT2D eigenvalue weighted by Gasteiger charge is -2.22. The molecule has 0 unspecified atom stereocenters. The highest BCUT2D eigenvalue weighted by atomic mass is 16.3. The van der Waals surface area contributed by atoms with Crippen LogP contribution in [0.25, 0.3) is 10.9 Å². The van der Waals surface area contributed by atoms with Crippen LogP contribution in [0.2, 0.25) is 0 Å². The number of aryl methyl sites for hydroxylation is 2. The summed E-state index contributed by atoms with van der Waals surface area (Å²) in [6.07, 6.45) is 6.93. The Morgan fingerprint density at radius 3 is 2.86 bits per heavy atom. The molecule has 3 heterocycles. The van der Waals surface area contributed by atoms with Gasteiger partial charge in [0, 0.05) is 42.0 Å². The third-order valence-electron chi connectivity index (χ3n) is 6.29. The smallest absolute Gasteiger partial charge is 0.225 e. The second-order valence-corrected chi connectivity index (χ2v) is 8.17. The average molecular weight is 374 g/mol. The number of fused-ring (bicyclic) bond motifs is 2. The van der Waals surface area contributed by atoms with Crippen molar-refractivity contribution in [3.63, 3.8) is 0 Å². The highest BCUT2D eigenvalue weighted by molar-refractivity contribution is 5.81. The molecule has 0 amide bonds. The first kappa shape index (κ1) is 17.6. The van der Waals surface area contributed by atoms with Crippen LogP contribution in [0.1, 0.15) is 35.4 Å². The van der Waals surface area contributed by atoms with Crippen LogP contribution < -0.4 is 4.90 Å². The van der Waals surface area contributed by atoms with E-state index < -0.39 is 0 Å². The highest BCUT2D eigenvalue weighted by Gasteiger charge is 2.33. The number of aliphatic hydroxyl groups is 1. The number of rotatable bonds is 3. The fourth-order valence-corrected chi connectivity index (χ4v) is 4.74. The number of anilines is 1. The van der Waals surface area contributed by atoms with Gasteiger partial charge in [-0.05, 0) is 62.3 Å². The van der Waals surface area contributed by atoms with E-state index in [1.165, 1.54) is 35.0 Å². The molecule has 2 aromatic heterocycles. The maximum absolute atomic E-state index is 10.7. The molecule has 1 aliphatic heterocycles. The van der Waals surface area contributed by atoms with Gasteiger partial charge >= 0.3 is 0 Å². The Balaban J connectivity index is 1.39. The van der Waals surface area contributed by atoms with Crippen molar-refractivity contribution in [1.82, 2.24) is 15.0 Å². The molecule has 3 aromatic rings. The first-order valence-electron chi connectivity index (χ1n) is 10.3. The second-order valence-electron chi connectivity index (χ2n) is 8.17. The summed E-state index contributed by atoms with van der Waals surface area (Å²) in [5.41, 5.74) is 5.93. The number of nitrogens with zero attached hydrogens (tertiary/aromatic N) is 4. The van der Waals surface area contributed by atoms with E-state index in [0.29, 0.717) is 6.54 Å². The van der Waals surface area contributed by atoms with Crippen LogP contribution >= 0.6 is 0 Å². The lowest BCUT2D eigenvalue weighted by atomic mass is 9.94. The molecule has 0 saturated carbocycles. The zero-order valence-corrected chi connectivity index (χ0v) is 16.3. The van der Waals surface area contributed by atoms with Crippen molar-refractivity contribution < 1.29 is 5.11 Å². The minimum absolute atomic E-state index is 0.172. The van der Waals surface area contributed by atoms with E-state index in [-0.39, 0.29) is 12.0 Å². The Bertz CT molecular complexity index is 1010. The molecular weight excluding hydrogens is 348 g/mol. The van der Waals surface area contributed by atoms with Gasteiger partial charge in [0.2, 0.25) is 5.95 Å². The van der Waals surface area contributed by atoms with Crippen LogP contribution in [0.5, 0.6) is 0 Å². The molecule has 5 heteroatoms. The molecule has 2 atom stereocenters. The van der Waals surface area contributed by atoms with E-state index in [9.17, 15) is 5.11 Å². The SMILES string of the molecule is Cc1nc(N2C[C@@H](Cc3ccnc4ccccc34)[C@H](O)C2)nc2c1CCCC2. The van der Waals surface area contributed by atoms with E-state index in [4.69, 9.17) is 9.97 Å². The molecular formula is C23H26N4O. The Morgan fingerprint density at radius 2 is 1.93 bits per heavy atom. The summed E-state index contributed by atoms with van der Waals surface area (Å²) in [7, 11) is 0. The van der Waals surface area contributed by atoms with Crippen LogP contribution in [0, 0.1) is 12.8 Å². The van der Waals surface area contributed by atoms with E-state index in [0.717, 1.165) is 43.0 Å². The van der Waals surface area contributed by atoms with Crippen LogP contribution in [-0.4, -0.2) is 39.3 Å². The van der Waals surface area contributed by atoms with Gasteiger partial charge in [-0.25, -0.2) is 9.97 Å². The molecule has 1 aliphatic carbocycles. The second kappa shape index (κ2) is 7.13. The molecule has 0 bridgehead atoms. The van der Waals surface area contributed by atoms with Gasteiger partial charge in [0.25, 0.3) is 0 Å². The largest absolute Gasteiger partial charge is 0.391 e. The van der Waals surface area contributed by atoms with Crippen molar-refractivity contribution in [3.05, 3.63) is 59.0 Å². The summed E-state index contributed by atoms with van der Waals surface area (Å²) in [5.74, 6) is 0.963. The zero-order valence-electron chi connectivity index (χ0n) is 16.3. The third kappa shape index (κ3) is 3.14. The summed E-state index contributed by atoms with van der Waals surface area (Å²) in [4.78, 5) is 16.3. The van der Waals surface area contributed by atoms with Gasteiger partial charge in [-0.3, -0.25) is 4.98 Å². The van der Waals surface area contributed by atoms with Gasteiger partial charge in [-0.15, -0.1) is 0 Å². The van der Waals surface area contributed by atoms with Crippen molar-refractivity contribution in [3.8, 4) is 0 Å². The van der Waals surface area contributed by atoms with Crippen LogP contribution in [0.15, 0.2) is 36.5 Å². The highest BCUT2D eigenvalue weighted by Crippen LogP contribution is 2.29. The number of aliphatic hydroxyl groups excluding tert-OH is 1. The number of para-hydroxylation sites is 1. The maximum atomic E-state index is 10.7. The molecule has 2 aliphatic rings. The number of pyridine rings is 1. The van der Waals surface area contributed by atoms with E-state index >= 15 is 0 Å². The van der Waals surface area contributed by atoms with Crippen molar-refractivity contribution >= 4 is 16.9 Å². The molecule has 1 fully saturated rings. The molecule has 1 N–H and O–H groups in total. The van der Waals surface area contributed by atoms with Gasteiger partial charge in [0.05, 0.1) is 11.6 Å². The average Bonchev–Trinajstić information content (AvgIpc) is 3.09. The van der Waals surface area contributed by atoms with Crippen LogP contribution in [-0.2, 0) is 19.3 Å². The number of hydrogen-bond acceptors (Lipinski definition) is 5. The minimum atomic E-state index is -0.369. The van der Waals surface area contributed by atoms with Gasteiger partial charge in [-0.1, -0.05) is 18.2 Å². The summed E-state index contributed by atoms with van der Waals surface area (Å²) in [6.45, 7) is 3.49. The molecule has 144 valence electrons. The zero-order chi connectivity index (χ0) is 19.1. The van der Waals surface area contributed by atoms with Crippen molar-refractivity contribution in [2.24, 2.45) is 5.92 Å². The monoisotopic (exact) mass is 374 g/mol. The maximum Gasteiger partial charge on any atom is 0.225 e. The predicted octanol–water partition coefficient (Wildman–Crippen LogP) is 3.25. The Labute approximate surface area is 165 Å². The van der Waals surface area contributed by atoms with E-state index in [1.807, 2.05) is 18.3 Å². The quantitative estimate of drug-likeness (QED) is 0.762. The summed E-state index contributed by atoms with van der Waals surface area (Å²) in [6, 6.07) is 10.3. The first-order chi connectivity index (χ1) is 13.7. The van der Waals surface area contributed by atoms with Crippen molar-refractivity contribution in [1.29, 1.82) is 0 Å². The topological polar surface area (TPSA) is 62.1 Å². The van der Waals surface area contributed by atoms with Crippen LogP contribution in [0.4, 0.5) is 5.95 Å². The van der Waals surface area contributed by atoms with Crippen molar-refractivity contribution in [2.45, 2.75) is 45.1 Å². The van der Waals surface area contributed by atoms with Gasteiger partial charge < -0.3 is 10.0 Å². The number of hydrogen-bond donors (Lipinski definition) is 1. The molecule has 0 spiro atoms. The summed E-state index contributed by atoms with van der Waals surface area (Å²) >= 11 is 0. The fourth-order valence-electron chi connectivity index (χ4n) is 4.74. The lowest BCUT2D eigenvalue weighted by Crippen LogP contribution is -2.25. The van der Waals surface area contributed by atoms with Crippen molar-refractivity contribution in [2.75, 3.05) is 18.0 Å². The molecule has 1 aromatic carbocycles. The Morgan fingerprint density at radius 1 is 1.07 bits per heavy atom. The normalized spacial score (nSPS) is 21.9. The molecule has 28 heavy (non-hydrogen) atoms. The van der Waals surface area contributed by atoms with Gasteiger partial charge in [-0.2, -0.15) is 0 Å². The first-order valence-corrected chi connectivity index (χ1v) is 10.3. The minimum Gasteiger partial charge on any atom is -0.391 e. The standard InChI is InChI=1S/C23H26N4O/c1-15-18-6-2-5-9-21(18)26-23(25-15)27-13-17(22(28)14-27)12-16-10-11-24-20-8-4-3-7-19(16)20/h3-4,7-8,10-11,17,22,28H,2,5-6,9,12-14H2,1H3/t17-,22-/m1/s1. The Hall–Kier alpha value is -2.53. The third-order valence-corrected chi connectivity index (χ3v) is 6.29. The number of β-amino-alcohol motifs (C(OH)–C–C–N with tert-alkyl or cyclic N) is 1. The predicted molar refractivity (Wildman–Crippen MR) is 111 cm³/mol. The van der Waals surface area contributed by atoms with E-state index in [1.54, 1.807) is 0 Å². The molecule has 5 rings (SSSR count). The van der Waals surface area contributed by atoms with E-state index in [2.05, 4.69) is 35.0 Å². The molecule has 0 radical (unpaired) electrons. The summed E-state index contributed by atoms with van der Waals surface area (Å²) < 4.78 is 0. The Kier molecular flexibility index (Phi) is 4.47. The van der Waals surface area contributed by atoms with Gasteiger partial charge in [0.15, 0.2) is 0 Å².